The Labute approximate surface area is 114 Å². The number of quaternary nitrogens is 2. The van der Waals surface area contributed by atoms with Crippen molar-refractivity contribution in [1.29, 1.82) is 0 Å². The minimum atomic E-state index is 0. The maximum atomic E-state index is 2.29. The van der Waals surface area contributed by atoms with E-state index < -0.39 is 0 Å². The monoisotopic (exact) mass is 270 g/mol. The summed E-state index contributed by atoms with van der Waals surface area (Å²) in [7, 11) is 4.58. The highest BCUT2D eigenvalue weighted by atomic mass is 19.0. The van der Waals surface area contributed by atoms with E-state index in [1.165, 1.54) is 48.2 Å². The molecule has 4 heteroatoms. The Morgan fingerprint density at radius 3 is 0.556 bits per heavy atom. The summed E-state index contributed by atoms with van der Waals surface area (Å²) < 4.78 is 2.42. The standard InChI is InChI=1S/2C7H18N.2FH/c2*1-5-8(4,6-2)7-3;;/h2*5-7H2,1-4H3;2*1H/q2*+1;;/p-2. The summed E-state index contributed by atoms with van der Waals surface area (Å²) in [6.45, 7) is 21.0. The highest BCUT2D eigenvalue weighted by Gasteiger charge is 2.11. The summed E-state index contributed by atoms with van der Waals surface area (Å²) in [4.78, 5) is 0. The van der Waals surface area contributed by atoms with Gasteiger partial charge in [-0.2, -0.15) is 0 Å². The summed E-state index contributed by atoms with van der Waals surface area (Å²) >= 11 is 0. The van der Waals surface area contributed by atoms with Crippen LogP contribution in [0.15, 0.2) is 0 Å². The molecule has 0 radical (unpaired) electrons. The van der Waals surface area contributed by atoms with Gasteiger partial charge in [0.1, 0.15) is 0 Å². The number of rotatable bonds is 6. The van der Waals surface area contributed by atoms with E-state index in [2.05, 4.69) is 55.6 Å². The van der Waals surface area contributed by atoms with Crippen molar-refractivity contribution < 1.29 is 18.4 Å². The second-order valence-electron chi connectivity index (χ2n) is 5.14. The van der Waals surface area contributed by atoms with Crippen LogP contribution in [0.4, 0.5) is 0 Å². The maximum absolute atomic E-state index is 2.29. The van der Waals surface area contributed by atoms with Gasteiger partial charge in [-0.15, -0.1) is 0 Å². The zero-order valence-corrected chi connectivity index (χ0v) is 13.9. The second-order valence-corrected chi connectivity index (χ2v) is 5.14. The molecule has 0 atom stereocenters. The van der Waals surface area contributed by atoms with E-state index in [1.54, 1.807) is 0 Å². The Balaban J connectivity index is -0.0000000980. The first-order valence-electron chi connectivity index (χ1n) is 7.03. The van der Waals surface area contributed by atoms with Crippen LogP contribution in [0.25, 0.3) is 0 Å². The van der Waals surface area contributed by atoms with E-state index in [-0.39, 0.29) is 9.41 Å². The quantitative estimate of drug-likeness (QED) is 0.451. The minimum Gasteiger partial charge on any atom is -1.00 e. The third kappa shape index (κ3) is 10.9. The van der Waals surface area contributed by atoms with Crippen LogP contribution in [0.3, 0.4) is 0 Å². The lowest BCUT2D eigenvalue weighted by Gasteiger charge is -2.30. The Morgan fingerprint density at radius 2 is 0.556 bits per heavy atom. The van der Waals surface area contributed by atoms with Gasteiger partial charge in [0, 0.05) is 0 Å². The van der Waals surface area contributed by atoms with E-state index in [4.69, 9.17) is 0 Å². The fourth-order valence-electron chi connectivity index (χ4n) is 1.34. The van der Waals surface area contributed by atoms with Crippen molar-refractivity contribution in [3.8, 4) is 0 Å². The molecular formula is C14H36F2N2. The first-order valence-corrected chi connectivity index (χ1v) is 7.03. The summed E-state index contributed by atoms with van der Waals surface area (Å²) in [6, 6.07) is 0. The molecule has 0 saturated carbocycles. The zero-order valence-electron chi connectivity index (χ0n) is 13.9. The lowest BCUT2D eigenvalue weighted by molar-refractivity contribution is -0.904. The third-order valence-electron chi connectivity index (χ3n) is 4.58. The second kappa shape index (κ2) is 13.2. The van der Waals surface area contributed by atoms with Crippen LogP contribution in [-0.2, 0) is 0 Å². The molecule has 0 aromatic rings. The van der Waals surface area contributed by atoms with Crippen molar-refractivity contribution in [2.45, 2.75) is 41.5 Å². The molecule has 0 spiro atoms. The SMILES string of the molecule is CC[N+](C)(CC)CC.CC[N+](C)(CC)CC.[F-].[F-]. The van der Waals surface area contributed by atoms with Gasteiger partial charge < -0.3 is 18.4 Å². The number of nitrogens with zero attached hydrogens (tertiary/aromatic N) is 2. The molecule has 0 aliphatic heterocycles. The predicted octanol–water partition coefficient (Wildman–Crippen LogP) is -3.01. The van der Waals surface area contributed by atoms with Crippen LogP contribution in [0.5, 0.6) is 0 Å². The predicted molar refractivity (Wildman–Crippen MR) is 75.6 cm³/mol. The average molecular weight is 270 g/mol. The number of hydrogen-bond acceptors (Lipinski definition) is 0. The molecule has 0 amide bonds. The average Bonchev–Trinajstić information content (AvgIpc) is 2.37. The third-order valence-corrected chi connectivity index (χ3v) is 4.58. The molecule has 0 unspecified atom stereocenters. The topological polar surface area (TPSA) is 0 Å². The first-order chi connectivity index (χ1) is 7.36. The molecule has 0 aromatic heterocycles. The Kier molecular flexibility index (Phi) is 19.4. The van der Waals surface area contributed by atoms with Gasteiger partial charge in [-0.3, -0.25) is 0 Å². The molecule has 0 heterocycles. The number of hydrogen-bond donors (Lipinski definition) is 0. The van der Waals surface area contributed by atoms with Crippen molar-refractivity contribution in [2.24, 2.45) is 0 Å². The molecule has 2 nitrogen and oxygen atoms in total. The van der Waals surface area contributed by atoms with Gasteiger partial charge in [-0.1, -0.05) is 0 Å². The fourth-order valence-corrected chi connectivity index (χ4v) is 1.34. The maximum Gasteiger partial charge on any atom is 0.0755 e. The van der Waals surface area contributed by atoms with Crippen molar-refractivity contribution >= 4 is 0 Å². The molecule has 0 bridgehead atoms. The van der Waals surface area contributed by atoms with Crippen LogP contribution in [0.2, 0.25) is 0 Å². The molecule has 116 valence electrons. The fraction of sp³-hybridized carbons (Fsp3) is 1.00. The van der Waals surface area contributed by atoms with Crippen LogP contribution >= 0.6 is 0 Å². The van der Waals surface area contributed by atoms with E-state index in [0.717, 1.165) is 0 Å². The van der Waals surface area contributed by atoms with Crippen LogP contribution in [-0.4, -0.2) is 62.3 Å². The van der Waals surface area contributed by atoms with Crippen LogP contribution < -0.4 is 9.41 Å². The zero-order chi connectivity index (χ0) is 13.2. The van der Waals surface area contributed by atoms with Crippen LogP contribution in [0, 0.1) is 0 Å². The van der Waals surface area contributed by atoms with E-state index in [9.17, 15) is 0 Å². The lowest BCUT2D eigenvalue weighted by atomic mass is 10.4. The van der Waals surface area contributed by atoms with Crippen molar-refractivity contribution in [2.75, 3.05) is 53.4 Å². The van der Waals surface area contributed by atoms with E-state index >= 15 is 0 Å². The molecule has 18 heavy (non-hydrogen) atoms. The molecule has 0 aliphatic rings. The molecule has 0 saturated heterocycles. The van der Waals surface area contributed by atoms with Gasteiger partial charge in [0.15, 0.2) is 0 Å². The van der Waals surface area contributed by atoms with E-state index in [1.807, 2.05) is 0 Å². The van der Waals surface area contributed by atoms with Crippen molar-refractivity contribution in [3.05, 3.63) is 0 Å². The van der Waals surface area contributed by atoms with Gasteiger partial charge in [-0.25, -0.2) is 0 Å². The summed E-state index contributed by atoms with van der Waals surface area (Å²) in [6.07, 6.45) is 0. The summed E-state index contributed by atoms with van der Waals surface area (Å²) in [5.41, 5.74) is 0. The van der Waals surface area contributed by atoms with Gasteiger partial charge >= 0.3 is 0 Å². The van der Waals surface area contributed by atoms with Gasteiger partial charge in [-0.05, 0) is 41.5 Å². The van der Waals surface area contributed by atoms with Crippen molar-refractivity contribution in [1.82, 2.24) is 0 Å². The normalized spacial score (nSPS) is 10.7. The van der Waals surface area contributed by atoms with Gasteiger partial charge in [0.05, 0.1) is 53.4 Å². The van der Waals surface area contributed by atoms with Gasteiger partial charge in [0.2, 0.25) is 0 Å². The smallest absolute Gasteiger partial charge is 0.0755 e. The molecule has 0 rings (SSSR count). The molecule has 0 aliphatic carbocycles. The number of halogens is 2. The molecular weight excluding hydrogens is 234 g/mol. The Morgan fingerprint density at radius 1 is 0.444 bits per heavy atom. The van der Waals surface area contributed by atoms with Crippen molar-refractivity contribution in [3.63, 3.8) is 0 Å². The molecule has 0 aromatic carbocycles. The Hall–Kier alpha value is -0.220. The van der Waals surface area contributed by atoms with E-state index in [0.29, 0.717) is 0 Å². The highest BCUT2D eigenvalue weighted by Crippen LogP contribution is 1.98. The van der Waals surface area contributed by atoms with Gasteiger partial charge in [0.25, 0.3) is 0 Å². The molecule has 0 N–H and O–H groups in total. The largest absolute Gasteiger partial charge is 1.00 e. The molecule has 0 fully saturated rings. The Bertz CT molecular complexity index is 121. The summed E-state index contributed by atoms with van der Waals surface area (Å²) in [5.74, 6) is 0. The summed E-state index contributed by atoms with van der Waals surface area (Å²) in [5, 5.41) is 0. The minimum absolute atomic E-state index is 0. The van der Waals surface area contributed by atoms with Crippen LogP contribution in [0.1, 0.15) is 41.5 Å². The lowest BCUT2D eigenvalue weighted by Crippen LogP contribution is -3.00. The highest BCUT2D eigenvalue weighted by molar-refractivity contribution is 4.25. The first kappa shape index (κ1) is 26.4.